The van der Waals surface area contributed by atoms with Gasteiger partial charge < -0.3 is 24.3 Å². The number of benzene rings is 1. The number of carbonyl (C=O) groups is 2. The van der Waals surface area contributed by atoms with Crippen LogP contribution in [0.25, 0.3) is 0 Å². The minimum absolute atomic E-state index is 0.175. The maximum atomic E-state index is 12.2. The van der Waals surface area contributed by atoms with Crippen LogP contribution in [0, 0.1) is 0 Å². The number of hydrogen-bond acceptors (Lipinski definition) is 5. The van der Waals surface area contributed by atoms with Crippen molar-refractivity contribution in [2.45, 2.75) is 71.7 Å². The standard InChI is InChI=1S/C21H33BN2O5/c1-19(2,3)27-18(26)24(8)14-13-17(25)23-16-11-9-15(10-12-16)22-28-20(4,5)21(6,7)29-22/h9-12H,13-14H2,1-8H3,(H,23,25). The van der Waals surface area contributed by atoms with Crippen LogP contribution in [0.1, 0.15) is 54.9 Å². The molecule has 8 heteroatoms. The predicted molar refractivity (Wildman–Crippen MR) is 114 cm³/mol. The Morgan fingerprint density at radius 2 is 1.59 bits per heavy atom. The van der Waals surface area contributed by atoms with E-state index in [-0.39, 0.29) is 18.9 Å². The zero-order valence-corrected chi connectivity index (χ0v) is 18.8. The smallest absolute Gasteiger partial charge is 0.444 e. The van der Waals surface area contributed by atoms with Crippen molar-refractivity contribution in [3.05, 3.63) is 24.3 Å². The van der Waals surface area contributed by atoms with E-state index in [1.165, 1.54) is 4.90 Å². The molecule has 1 aliphatic rings. The van der Waals surface area contributed by atoms with Crippen molar-refractivity contribution in [1.29, 1.82) is 0 Å². The molecule has 1 aromatic rings. The van der Waals surface area contributed by atoms with Gasteiger partial charge in [0.25, 0.3) is 0 Å². The Morgan fingerprint density at radius 1 is 1.07 bits per heavy atom. The van der Waals surface area contributed by atoms with Crippen LogP contribution >= 0.6 is 0 Å². The second kappa shape index (κ2) is 8.36. The van der Waals surface area contributed by atoms with Crippen LogP contribution in [-0.2, 0) is 18.8 Å². The number of rotatable bonds is 5. The van der Waals surface area contributed by atoms with Gasteiger partial charge in [-0.3, -0.25) is 4.79 Å². The highest BCUT2D eigenvalue weighted by Gasteiger charge is 2.51. The lowest BCUT2D eigenvalue weighted by Gasteiger charge is -2.32. The molecule has 1 saturated heterocycles. The fourth-order valence-corrected chi connectivity index (χ4v) is 2.63. The molecule has 160 valence electrons. The summed E-state index contributed by atoms with van der Waals surface area (Å²) in [5.41, 5.74) is 0.212. The molecule has 0 unspecified atom stereocenters. The molecular formula is C21H33BN2O5. The number of carbonyl (C=O) groups excluding carboxylic acids is 2. The fourth-order valence-electron chi connectivity index (χ4n) is 2.63. The van der Waals surface area contributed by atoms with Crippen molar-refractivity contribution >= 4 is 30.3 Å². The van der Waals surface area contributed by atoms with Gasteiger partial charge in [0.1, 0.15) is 5.60 Å². The normalized spacial score (nSPS) is 17.7. The lowest BCUT2D eigenvalue weighted by atomic mass is 9.79. The number of anilines is 1. The van der Waals surface area contributed by atoms with E-state index >= 15 is 0 Å². The van der Waals surface area contributed by atoms with Gasteiger partial charge in [0.15, 0.2) is 0 Å². The van der Waals surface area contributed by atoms with E-state index in [0.717, 1.165) is 5.46 Å². The first-order valence-electron chi connectivity index (χ1n) is 9.90. The Balaban J connectivity index is 1.85. The van der Waals surface area contributed by atoms with Crippen molar-refractivity contribution < 1.29 is 23.6 Å². The molecule has 1 heterocycles. The van der Waals surface area contributed by atoms with Gasteiger partial charge >= 0.3 is 13.2 Å². The molecule has 1 N–H and O–H groups in total. The molecule has 0 spiro atoms. The van der Waals surface area contributed by atoms with Crippen molar-refractivity contribution in [2.75, 3.05) is 18.9 Å². The van der Waals surface area contributed by atoms with Gasteiger partial charge in [0.05, 0.1) is 11.2 Å². The van der Waals surface area contributed by atoms with Crippen molar-refractivity contribution in [3.63, 3.8) is 0 Å². The number of ether oxygens (including phenoxy) is 1. The molecule has 0 bridgehead atoms. The van der Waals surface area contributed by atoms with Crippen molar-refractivity contribution in [1.82, 2.24) is 4.90 Å². The van der Waals surface area contributed by atoms with Crippen LogP contribution in [0.4, 0.5) is 10.5 Å². The Hall–Kier alpha value is -2.06. The van der Waals surface area contributed by atoms with Crippen molar-refractivity contribution in [3.8, 4) is 0 Å². The average molecular weight is 404 g/mol. The molecule has 29 heavy (non-hydrogen) atoms. The second-order valence-electron chi connectivity index (χ2n) is 9.41. The minimum Gasteiger partial charge on any atom is -0.444 e. The first-order valence-corrected chi connectivity index (χ1v) is 9.90. The summed E-state index contributed by atoms with van der Waals surface area (Å²) in [5.74, 6) is -0.177. The van der Waals surface area contributed by atoms with E-state index in [0.29, 0.717) is 5.69 Å². The van der Waals surface area contributed by atoms with Gasteiger partial charge in [-0.05, 0) is 66.1 Å². The summed E-state index contributed by atoms with van der Waals surface area (Å²) in [6.45, 7) is 13.7. The fraction of sp³-hybridized carbons (Fsp3) is 0.619. The topological polar surface area (TPSA) is 77.1 Å². The molecule has 1 aliphatic heterocycles. The third-order valence-corrected chi connectivity index (χ3v) is 5.10. The zero-order valence-electron chi connectivity index (χ0n) is 18.8. The van der Waals surface area contributed by atoms with E-state index in [4.69, 9.17) is 14.0 Å². The molecule has 2 rings (SSSR count). The maximum absolute atomic E-state index is 12.2. The number of hydrogen-bond donors (Lipinski definition) is 1. The number of amides is 2. The molecule has 0 aromatic heterocycles. The SMILES string of the molecule is CN(CCC(=O)Nc1ccc(B2OC(C)(C)C(C)(C)O2)cc1)C(=O)OC(C)(C)C. The first kappa shape index (κ1) is 23.2. The van der Waals surface area contributed by atoms with Crippen LogP contribution in [0.3, 0.4) is 0 Å². The summed E-state index contributed by atoms with van der Waals surface area (Å²) in [7, 11) is 1.17. The average Bonchev–Trinajstić information content (AvgIpc) is 2.79. The Morgan fingerprint density at radius 3 is 2.07 bits per heavy atom. The molecule has 7 nitrogen and oxygen atoms in total. The van der Waals surface area contributed by atoms with Crippen LogP contribution in [0.15, 0.2) is 24.3 Å². The van der Waals surface area contributed by atoms with Gasteiger partial charge in [0.2, 0.25) is 5.91 Å². The summed E-state index contributed by atoms with van der Waals surface area (Å²) >= 11 is 0. The largest absolute Gasteiger partial charge is 0.494 e. The maximum Gasteiger partial charge on any atom is 0.494 e. The van der Waals surface area contributed by atoms with Crippen LogP contribution < -0.4 is 10.8 Å². The lowest BCUT2D eigenvalue weighted by Crippen LogP contribution is -2.41. The number of nitrogens with zero attached hydrogens (tertiary/aromatic N) is 1. The summed E-state index contributed by atoms with van der Waals surface area (Å²) in [6.07, 6.45) is -0.272. The summed E-state index contributed by atoms with van der Waals surface area (Å²) < 4.78 is 17.3. The Labute approximate surface area is 174 Å². The molecule has 2 amide bonds. The van der Waals surface area contributed by atoms with E-state index in [1.54, 1.807) is 27.8 Å². The summed E-state index contributed by atoms with van der Waals surface area (Å²) in [6, 6.07) is 7.39. The number of nitrogens with one attached hydrogen (secondary N) is 1. The highest BCUT2D eigenvalue weighted by Crippen LogP contribution is 2.36. The second-order valence-corrected chi connectivity index (χ2v) is 9.41. The molecule has 1 fully saturated rings. The Kier molecular flexibility index (Phi) is 6.70. The van der Waals surface area contributed by atoms with E-state index < -0.39 is 30.0 Å². The highest BCUT2D eigenvalue weighted by molar-refractivity contribution is 6.62. The molecule has 0 atom stereocenters. The zero-order chi connectivity index (χ0) is 22.0. The van der Waals surface area contributed by atoms with Gasteiger partial charge in [-0.15, -0.1) is 0 Å². The summed E-state index contributed by atoms with van der Waals surface area (Å²) in [5, 5.41) is 2.84. The third kappa shape index (κ3) is 6.21. The predicted octanol–water partition coefficient (Wildman–Crippen LogP) is 3.18. The summed E-state index contributed by atoms with van der Waals surface area (Å²) in [4.78, 5) is 25.5. The molecule has 0 aliphatic carbocycles. The van der Waals surface area contributed by atoms with Crippen LogP contribution in [-0.4, -0.2) is 54.4 Å². The molecular weight excluding hydrogens is 371 g/mol. The molecule has 1 aromatic carbocycles. The Bertz CT molecular complexity index is 724. The van der Waals surface area contributed by atoms with Gasteiger partial charge in [-0.25, -0.2) is 4.79 Å². The lowest BCUT2D eigenvalue weighted by molar-refractivity contribution is -0.116. The monoisotopic (exact) mass is 404 g/mol. The van der Waals surface area contributed by atoms with E-state index in [2.05, 4.69) is 5.32 Å². The first-order chi connectivity index (χ1) is 13.2. The quantitative estimate of drug-likeness (QED) is 0.763. The van der Waals surface area contributed by atoms with E-state index in [9.17, 15) is 9.59 Å². The highest BCUT2D eigenvalue weighted by atomic mass is 16.7. The van der Waals surface area contributed by atoms with Crippen molar-refractivity contribution in [2.24, 2.45) is 0 Å². The van der Waals surface area contributed by atoms with Crippen LogP contribution in [0.5, 0.6) is 0 Å². The van der Waals surface area contributed by atoms with Gasteiger partial charge in [-0.1, -0.05) is 12.1 Å². The molecule has 0 radical (unpaired) electrons. The third-order valence-electron chi connectivity index (χ3n) is 5.10. The molecule has 0 saturated carbocycles. The minimum atomic E-state index is -0.563. The van der Waals surface area contributed by atoms with E-state index in [1.807, 2.05) is 52.0 Å². The van der Waals surface area contributed by atoms with Gasteiger partial charge in [0, 0.05) is 25.7 Å². The van der Waals surface area contributed by atoms with Crippen LogP contribution in [0.2, 0.25) is 0 Å². The van der Waals surface area contributed by atoms with Gasteiger partial charge in [-0.2, -0.15) is 0 Å².